The molecule has 1 saturated heterocycles. The fourth-order valence-corrected chi connectivity index (χ4v) is 4.95. The molecule has 0 radical (unpaired) electrons. The van der Waals surface area contributed by atoms with Gasteiger partial charge in [-0.05, 0) is 68.8 Å². The van der Waals surface area contributed by atoms with Gasteiger partial charge >= 0.3 is 12.1 Å². The minimum atomic E-state index is -1.16. The third kappa shape index (κ3) is 8.07. The number of amides is 2. The molecule has 214 valence electrons. The lowest BCUT2D eigenvalue weighted by molar-refractivity contribution is -0.139. The van der Waals surface area contributed by atoms with Crippen LogP contribution in [0.5, 0.6) is 0 Å². The molecule has 3 heterocycles. The Morgan fingerprint density at radius 1 is 1.20 bits per heavy atom. The van der Waals surface area contributed by atoms with Gasteiger partial charge in [0.1, 0.15) is 23.2 Å². The number of carboxylic acid groups (broad SMARTS) is 1. The zero-order chi connectivity index (χ0) is 29.6. The molecule has 1 aromatic carbocycles. The molecule has 2 N–H and O–H groups in total. The van der Waals surface area contributed by atoms with Crippen molar-refractivity contribution in [3.8, 4) is 11.3 Å². The lowest BCUT2D eigenvalue weighted by Gasteiger charge is -2.22. The number of rotatable bonds is 9. The van der Waals surface area contributed by atoms with E-state index in [0.29, 0.717) is 33.8 Å². The van der Waals surface area contributed by atoms with Crippen molar-refractivity contribution in [2.24, 2.45) is 4.99 Å². The molecule has 41 heavy (non-hydrogen) atoms. The SMILES string of the molecule is CCCN1C(=O)/C(=C/c2ccc(-c3ccc(C[C@H](NC(=O)OC(C)(C)C)C(=O)O)cc3)o2)SC1=Nc1cccnc1. The molecule has 4 rings (SSSR count). The van der Waals surface area contributed by atoms with Gasteiger partial charge in [0.2, 0.25) is 0 Å². The Hall–Kier alpha value is -4.38. The number of hydrogen-bond acceptors (Lipinski definition) is 8. The molecule has 1 atom stereocenters. The van der Waals surface area contributed by atoms with E-state index < -0.39 is 23.7 Å². The van der Waals surface area contributed by atoms with Crippen LogP contribution in [0.4, 0.5) is 10.5 Å². The van der Waals surface area contributed by atoms with Crippen LogP contribution < -0.4 is 5.32 Å². The van der Waals surface area contributed by atoms with Crippen molar-refractivity contribution in [2.45, 2.75) is 52.2 Å². The maximum absolute atomic E-state index is 13.1. The van der Waals surface area contributed by atoms with Crippen LogP contribution in [0.1, 0.15) is 45.4 Å². The van der Waals surface area contributed by atoms with Crippen LogP contribution in [0.15, 0.2) is 75.2 Å². The van der Waals surface area contributed by atoms with Gasteiger partial charge in [0.05, 0.1) is 16.8 Å². The lowest BCUT2D eigenvalue weighted by atomic mass is 10.0. The number of nitrogens with zero attached hydrogens (tertiary/aromatic N) is 3. The normalized spacial score (nSPS) is 16.3. The molecule has 11 heteroatoms. The average molecular weight is 577 g/mol. The van der Waals surface area contributed by atoms with Gasteiger partial charge < -0.3 is 19.6 Å². The molecule has 1 fully saturated rings. The fourth-order valence-electron chi connectivity index (χ4n) is 3.95. The van der Waals surface area contributed by atoms with E-state index >= 15 is 0 Å². The number of hydrogen-bond donors (Lipinski definition) is 2. The Bertz CT molecular complexity index is 1460. The van der Waals surface area contributed by atoms with E-state index in [1.165, 1.54) is 11.8 Å². The molecule has 3 aromatic rings. The summed E-state index contributed by atoms with van der Waals surface area (Å²) in [4.78, 5) is 47.7. The van der Waals surface area contributed by atoms with E-state index in [-0.39, 0.29) is 12.3 Å². The topological polar surface area (TPSA) is 134 Å². The van der Waals surface area contributed by atoms with Crippen molar-refractivity contribution in [2.75, 3.05) is 6.54 Å². The Balaban J connectivity index is 1.46. The summed E-state index contributed by atoms with van der Waals surface area (Å²) in [5.74, 6) is -0.175. The molecule has 0 saturated carbocycles. The number of aromatic nitrogens is 1. The number of carbonyl (C=O) groups excluding carboxylic acids is 2. The number of furan rings is 1. The van der Waals surface area contributed by atoms with Crippen LogP contribution in [0.2, 0.25) is 0 Å². The highest BCUT2D eigenvalue weighted by Gasteiger charge is 2.33. The second kappa shape index (κ2) is 12.9. The predicted molar refractivity (Wildman–Crippen MR) is 158 cm³/mol. The molecule has 0 spiro atoms. The van der Waals surface area contributed by atoms with Crippen LogP contribution in [0.3, 0.4) is 0 Å². The van der Waals surface area contributed by atoms with Gasteiger partial charge in [-0.25, -0.2) is 14.6 Å². The number of benzene rings is 1. The van der Waals surface area contributed by atoms with Gasteiger partial charge in [-0.3, -0.25) is 14.7 Å². The van der Waals surface area contributed by atoms with Crippen molar-refractivity contribution >= 4 is 46.7 Å². The van der Waals surface area contributed by atoms with Gasteiger partial charge in [-0.1, -0.05) is 31.2 Å². The molecule has 0 bridgehead atoms. The number of amidine groups is 1. The Morgan fingerprint density at radius 3 is 2.59 bits per heavy atom. The maximum Gasteiger partial charge on any atom is 0.408 e. The minimum Gasteiger partial charge on any atom is -0.480 e. The molecule has 1 aliphatic rings. The van der Waals surface area contributed by atoms with Crippen LogP contribution in [-0.2, 0) is 20.7 Å². The van der Waals surface area contributed by atoms with E-state index in [4.69, 9.17) is 9.15 Å². The van der Waals surface area contributed by atoms with Gasteiger partial charge in [0, 0.05) is 30.8 Å². The number of thioether (sulfide) groups is 1. The van der Waals surface area contributed by atoms with Gasteiger partial charge in [-0.2, -0.15) is 0 Å². The second-order valence-electron chi connectivity index (χ2n) is 10.3. The van der Waals surface area contributed by atoms with Crippen molar-refractivity contribution < 1.29 is 28.6 Å². The number of carbonyl (C=O) groups is 3. The first-order valence-electron chi connectivity index (χ1n) is 13.1. The quantitative estimate of drug-likeness (QED) is 0.302. The smallest absolute Gasteiger partial charge is 0.408 e. The predicted octanol–water partition coefficient (Wildman–Crippen LogP) is 5.88. The van der Waals surface area contributed by atoms with Crippen molar-refractivity contribution in [1.82, 2.24) is 15.2 Å². The highest BCUT2D eigenvalue weighted by molar-refractivity contribution is 8.18. The minimum absolute atomic E-state index is 0.0842. The molecule has 2 amide bonds. The summed E-state index contributed by atoms with van der Waals surface area (Å²) in [6.07, 6.45) is 5.11. The molecule has 0 aliphatic carbocycles. The van der Waals surface area contributed by atoms with E-state index in [1.54, 1.807) is 68.4 Å². The monoisotopic (exact) mass is 576 g/mol. The Morgan fingerprint density at radius 2 is 1.95 bits per heavy atom. The van der Waals surface area contributed by atoms with Crippen LogP contribution in [0, 0.1) is 0 Å². The maximum atomic E-state index is 13.1. The lowest BCUT2D eigenvalue weighted by Crippen LogP contribution is -2.44. The number of pyridine rings is 1. The molecule has 0 unspecified atom stereocenters. The first kappa shape index (κ1) is 29.6. The molecule has 2 aromatic heterocycles. The highest BCUT2D eigenvalue weighted by atomic mass is 32.2. The summed E-state index contributed by atoms with van der Waals surface area (Å²) >= 11 is 1.29. The zero-order valence-electron chi connectivity index (χ0n) is 23.3. The number of aliphatic carboxylic acids is 1. The highest BCUT2D eigenvalue weighted by Crippen LogP contribution is 2.35. The van der Waals surface area contributed by atoms with Gasteiger partial charge in [0.15, 0.2) is 5.17 Å². The number of aliphatic imine (C=N–C) groups is 1. The van der Waals surface area contributed by atoms with Crippen LogP contribution in [-0.4, -0.2) is 56.3 Å². The zero-order valence-corrected chi connectivity index (χ0v) is 24.1. The summed E-state index contributed by atoms with van der Waals surface area (Å²) < 4.78 is 11.2. The first-order chi connectivity index (χ1) is 19.5. The summed E-state index contributed by atoms with van der Waals surface area (Å²) in [5.41, 5.74) is 1.43. The fraction of sp³-hybridized carbons (Fsp3) is 0.300. The van der Waals surface area contributed by atoms with Crippen molar-refractivity contribution in [1.29, 1.82) is 0 Å². The standard InChI is InChI=1S/C30H32N4O6S/c1-5-15-34-26(35)25(41-28(34)32-21-7-6-14-31-18-21)17-22-12-13-24(39-22)20-10-8-19(9-11-20)16-23(27(36)37)33-29(38)40-30(2,3)4/h6-14,17-18,23H,5,15-16H2,1-4H3,(H,33,38)(H,36,37)/b25-17-,32-28?/t23-/m0/s1. The molecular weight excluding hydrogens is 544 g/mol. The number of ether oxygens (including phenoxy) is 1. The number of nitrogens with one attached hydrogen (secondary N) is 1. The van der Waals surface area contributed by atoms with Crippen molar-refractivity contribution in [3.05, 3.63) is 77.2 Å². The summed E-state index contributed by atoms with van der Waals surface area (Å²) in [6.45, 7) is 7.68. The van der Waals surface area contributed by atoms with Gasteiger partial charge in [-0.15, -0.1) is 0 Å². The van der Waals surface area contributed by atoms with E-state index in [0.717, 1.165) is 17.5 Å². The van der Waals surface area contributed by atoms with Crippen LogP contribution in [0.25, 0.3) is 17.4 Å². The number of carboxylic acids is 1. The van der Waals surface area contributed by atoms with E-state index in [1.807, 2.05) is 31.2 Å². The Kier molecular flexibility index (Phi) is 9.28. The summed E-state index contributed by atoms with van der Waals surface area (Å²) in [5, 5.41) is 12.6. The largest absolute Gasteiger partial charge is 0.480 e. The van der Waals surface area contributed by atoms with Crippen LogP contribution >= 0.6 is 11.8 Å². The molecular formula is C30H32N4O6S. The summed E-state index contributed by atoms with van der Waals surface area (Å²) in [6, 6.07) is 13.3. The molecule has 10 nitrogen and oxygen atoms in total. The molecule has 1 aliphatic heterocycles. The first-order valence-corrected chi connectivity index (χ1v) is 14.0. The van der Waals surface area contributed by atoms with E-state index in [9.17, 15) is 19.5 Å². The third-order valence-electron chi connectivity index (χ3n) is 5.77. The Labute approximate surface area is 242 Å². The summed E-state index contributed by atoms with van der Waals surface area (Å²) in [7, 11) is 0. The third-order valence-corrected chi connectivity index (χ3v) is 6.78. The average Bonchev–Trinajstić information content (AvgIpc) is 3.49. The van der Waals surface area contributed by atoms with Gasteiger partial charge in [0.25, 0.3) is 5.91 Å². The number of alkyl carbamates (subject to hydrolysis) is 1. The second-order valence-corrected chi connectivity index (χ2v) is 11.3. The van der Waals surface area contributed by atoms with E-state index in [2.05, 4.69) is 15.3 Å². The van der Waals surface area contributed by atoms with Crippen molar-refractivity contribution in [3.63, 3.8) is 0 Å².